The first-order valence-electron chi connectivity index (χ1n) is 31.7. The molecule has 0 aliphatic heterocycles. The highest BCUT2D eigenvalue weighted by Gasteiger charge is 2.41. The molecule has 19 heteroatoms. The van der Waals surface area contributed by atoms with Gasteiger partial charge in [0.2, 0.25) is 0 Å². The number of aromatic nitrogens is 7. The molecule has 19 rings (SSSR count). The van der Waals surface area contributed by atoms with Crippen LogP contribution in [0.4, 0.5) is 52.7 Å². The van der Waals surface area contributed by atoms with E-state index in [0.717, 1.165) is 70.1 Å². The summed E-state index contributed by atoms with van der Waals surface area (Å²) in [6.45, 7) is 0. The topological polar surface area (TPSA) is 42.5 Å². The molecule has 0 aliphatic rings. The molecule has 19 aromatic rings. The predicted molar refractivity (Wildman–Crippen MR) is 370 cm³/mol. The molecular formula is C81H43F12N7. The first-order chi connectivity index (χ1) is 48.2. The number of hydrogen-bond acceptors (Lipinski definition) is 1. The lowest BCUT2D eigenvalue weighted by Crippen LogP contribution is -2.20. The molecule has 486 valence electrons. The van der Waals surface area contributed by atoms with Crippen LogP contribution < -0.4 is 0 Å². The minimum atomic E-state index is -5.02. The highest BCUT2D eigenvalue weighted by molar-refractivity contribution is 6.20. The van der Waals surface area contributed by atoms with Gasteiger partial charge in [0.1, 0.15) is 0 Å². The minimum Gasteiger partial charge on any atom is -0.305 e. The number of nitrogens with zero attached hydrogens (tertiary/aromatic N) is 7. The monoisotopic (exact) mass is 1340 g/mol. The van der Waals surface area contributed by atoms with E-state index in [4.69, 9.17) is 4.98 Å². The van der Waals surface area contributed by atoms with E-state index in [1.807, 2.05) is 194 Å². The Morgan fingerprint density at radius 2 is 0.380 bits per heavy atom. The maximum Gasteiger partial charge on any atom is 0.416 e. The smallest absolute Gasteiger partial charge is 0.305 e. The third-order valence-electron chi connectivity index (χ3n) is 19.7. The van der Waals surface area contributed by atoms with Crippen molar-refractivity contribution in [3.05, 3.63) is 283 Å². The summed E-state index contributed by atoms with van der Waals surface area (Å²) >= 11 is 0. The summed E-state index contributed by atoms with van der Waals surface area (Å²) in [6.07, 6.45) is -18.4. The van der Waals surface area contributed by atoms with E-state index in [1.165, 1.54) is 24.3 Å². The molecule has 0 unspecified atom stereocenters. The lowest BCUT2D eigenvalue weighted by atomic mass is 10.0. The van der Waals surface area contributed by atoms with E-state index in [1.54, 1.807) is 21.4 Å². The van der Waals surface area contributed by atoms with Gasteiger partial charge in [0.05, 0.1) is 128 Å². The summed E-state index contributed by atoms with van der Waals surface area (Å²) in [7, 11) is 0. The van der Waals surface area contributed by atoms with Crippen molar-refractivity contribution >= 4 is 131 Å². The molecule has 100 heavy (non-hydrogen) atoms. The first kappa shape index (κ1) is 59.1. The molecular weight excluding hydrogens is 1300 g/mol. The Morgan fingerprint density at radius 1 is 0.190 bits per heavy atom. The zero-order valence-corrected chi connectivity index (χ0v) is 51.5. The van der Waals surface area contributed by atoms with Gasteiger partial charge < -0.3 is 27.4 Å². The SMILES string of the molecule is FC(F)(F)c1ccc2c(c1)c1cc(C(F)(F)F)ccc1n2-c1c(-n2c3ccccc3c3ccccc32)c(-n2c3ccc(C(F)(F)F)cc3c3cc(C(F)(F)F)ccc32)c(-n2c3ccccc3c3ccccc32)c(-n2c3ccccc3c3ncccc32)c1-n1c2ccccc2c2ccccc21. The van der Waals surface area contributed by atoms with Crippen LogP contribution in [0.15, 0.2) is 261 Å². The summed E-state index contributed by atoms with van der Waals surface area (Å²) in [4.78, 5) is 5.07. The van der Waals surface area contributed by atoms with Crippen molar-refractivity contribution in [1.82, 2.24) is 32.4 Å². The zero-order chi connectivity index (χ0) is 68.2. The van der Waals surface area contributed by atoms with E-state index in [-0.39, 0.29) is 77.7 Å². The maximum absolute atomic E-state index is 15.6. The fraction of sp³-hybridized carbons (Fsp3) is 0.0494. The number of halogens is 12. The fourth-order valence-electron chi connectivity index (χ4n) is 15.7. The van der Waals surface area contributed by atoms with Gasteiger partial charge in [-0.25, -0.2) is 0 Å². The molecule has 0 amide bonds. The normalized spacial score (nSPS) is 13.0. The first-order valence-corrected chi connectivity index (χ1v) is 31.7. The average molecular weight is 1340 g/mol. The number of hydrogen-bond donors (Lipinski definition) is 0. The quantitative estimate of drug-likeness (QED) is 0.153. The molecule has 0 atom stereocenters. The van der Waals surface area contributed by atoms with E-state index in [9.17, 15) is 0 Å². The second-order valence-electron chi connectivity index (χ2n) is 25.0. The van der Waals surface area contributed by atoms with Gasteiger partial charge in [0.25, 0.3) is 0 Å². The lowest BCUT2D eigenvalue weighted by molar-refractivity contribution is -0.138. The molecule has 0 radical (unpaired) electrons. The molecule has 0 aliphatic carbocycles. The van der Waals surface area contributed by atoms with Crippen LogP contribution in [0.3, 0.4) is 0 Å². The second kappa shape index (κ2) is 20.7. The summed E-state index contributed by atoms with van der Waals surface area (Å²) in [6, 6.07) is 68.3. The standard InChI is InChI=1S/C81H43F12N7/c82-78(83,84)44-31-35-66-55(40-44)56-41-45(79(85,86)87)32-36-67(56)98(66)73-72(95-59-23-8-1-16-48(59)49-17-2-9-24-60(49)95)74(99-68-37-33-46(80(88,89)90)42-57(68)58-43-47(81(91,92)93)34-38-69(58)99)76(97-63-27-12-5-20-52(63)53-21-6-13-28-64(53)97)77(100-65-29-14-7-22-54(65)71-70(100)30-15-39-94-71)75(73)96-61-25-10-3-18-50(61)51-19-4-11-26-62(51)96/h1-43H. The Balaban J connectivity index is 1.23. The van der Waals surface area contributed by atoms with Gasteiger partial charge >= 0.3 is 24.7 Å². The van der Waals surface area contributed by atoms with Crippen molar-refractivity contribution in [1.29, 1.82) is 0 Å². The minimum absolute atomic E-state index is 0.0105. The van der Waals surface area contributed by atoms with Crippen LogP contribution in [0, 0.1) is 0 Å². The highest BCUT2D eigenvalue weighted by atomic mass is 19.4. The predicted octanol–water partition coefficient (Wildman–Crippen LogP) is 23.7. The summed E-state index contributed by atoms with van der Waals surface area (Å²) in [5, 5.41) is 3.98. The average Bonchev–Trinajstić information content (AvgIpc) is 1.46. The van der Waals surface area contributed by atoms with Crippen LogP contribution >= 0.6 is 0 Å². The largest absolute Gasteiger partial charge is 0.416 e. The molecule has 0 saturated heterocycles. The molecule has 0 bridgehead atoms. The zero-order valence-electron chi connectivity index (χ0n) is 51.5. The van der Waals surface area contributed by atoms with Crippen molar-refractivity contribution in [3.63, 3.8) is 0 Å². The van der Waals surface area contributed by atoms with Crippen molar-refractivity contribution in [2.24, 2.45) is 0 Å². The number of rotatable bonds is 6. The van der Waals surface area contributed by atoms with Crippen molar-refractivity contribution < 1.29 is 52.7 Å². The van der Waals surface area contributed by atoms with Crippen LogP contribution in [0.25, 0.3) is 165 Å². The summed E-state index contributed by atoms with van der Waals surface area (Å²) < 4.78 is 198. The Morgan fingerprint density at radius 3 is 0.620 bits per heavy atom. The van der Waals surface area contributed by atoms with Crippen LogP contribution in [0.2, 0.25) is 0 Å². The molecule has 0 saturated carbocycles. The van der Waals surface area contributed by atoms with Gasteiger partial charge in [-0.05, 0) is 127 Å². The Hall–Kier alpha value is -12.3. The van der Waals surface area contributed by atoms with Crippen molar-refractivity contribution in [2.45, 2.75) is 24.7 Å². The van der Waals surface area contributed by atoms with Crippen LogP contribution in [-0.4, -0.2) is 32.4 Å². The van der Waals surface area contributed by atoms with Gasteiger partial charge in [0, 0.05) is 65.4 Å². The van der Waals surface area contributed by atoms with Gasteiger partial charge in [-0.15, -0.1) is 0 Å². The summed E-state index contributed by atoms with van der Waals surface area (Å²) in [5.41, 5.74) is 1.28. The molecule has 0 fully saturated rings. The molecule has 12 aromatic carbocycles. The van der Waals surface area contributed by atoms with Crippen LogP contribution in [0.5, 0.6) is 0 Å². The molecule has 7 heterocycles. The van der Waals surface area contributed by atoms with E-state index >= 15 is 52.7 Å². The molecule has 0 spiro atoms. The number of benzene rings is 12. The third-order valence-corrected chi connectivity index (χ3v) is 19.7. The Labute approximate surface area is 555 Å². The van der Waals surface area contributed by atoms with E-state index in [0.29, 0.717) is 65.8 Å². The Kier molecular flexibility index (Phi) is 12.2. The maximum atomic E-state index is 15.6. The second-order valence-corrected chi connectivity index (χ2v) is 25.0. The lowest BCUT2D eigenvalue weighted by Gasteiger charge is -2.32. The van der Waals surface area contributed by atoms with Gasteiger partial charge in [-0.3, -0.25) is 4.98 Å². The van der Waals surface area contributed by atoms with Gasteiger partial charge in [-0.1, -0.05) is 127 Å². The highest BCUT2D eigenvalue weighted by Crippen LogP contribution is 2.55. The third kappa shape index (κ3) is 8.34. The van der Waals surface area contributed by atoms with Gasteiger partial charge in [-0.2, -0.15) is 52.7 Å². The van der Waals surface area contributed by atoms with Gasteiger partial charge in [0.15, 0.2) is 0 Å². The van der Waals surface area contributed by atoms with Crippen molar-refractivity contribution in [3.8, 4) is 34.1 Å². The number of fused-ring (bicyclic) bond motifs is 18. The number of pyridine rings is 1. The van der Waals surface area contributed by atoms with E-state index in [2.05, 4.69) is 0 Å². The van der Waals surface area contributed by atoms with Crippen LogP contribution in [0.1, 0.15) is 22.3 Å². The number of para-hydroxylation sites is 7. The van der Waals surface area contributed by atoms with E-state index < -0.39 is 47.0 Å². The molecule has 7 nitrogen and oxygen atoms in total. The number of alkyl halides is 12. The fourth-order valence-corrected chi connectivity index (χ4v) is 15.7. The summed E-state index contributed by atoms with van der Waals surface area (Å²) in [5.74, 6) is 0. The van der Waals surface area contributed by atoms with Crippen LogP contribution in [-0.2, 0) is 24.7 Å². The molecule has 7 aromatic heterocycles. The Bertz CT molecular complexity index is 6100. The van der Waals surface area contributed by atoms with Crippen molar-refractivity contribution in [2.75, 3.05) is 0 Å². The molecule has 0 N–H and O–H groups in total.